The van der Waals surface area contributed by atoms with Gasteiger partial charge >= 0.3 is 0 Å². The number of para-hydroxylation sites is 1. The van der Waals surface area contributed by atoms with Gasteiger partial charge in [-0.25, -0.2) is 18.4 Å². The molecule has 0 amide bonds. The number of anilines is 1. The third kappa shape index (κ3) is 3.40. The Morgan fingerprint density at radius 1 is 1.18 bits per heavy atom. The van der Waals surface area contributed by atoms with E-state index in [4.69, 9.17) is 4.98 Å². The number of pyridine rings is 1. The van der Waals surface area contributed by atoms with Crippen molar-refractivity contribution >= 4 is 37.4 Å². The summed E-state index contributed by atoms with van der Waals surface area (Å²) in [4.78, 5) is 11.8. The summed E-state index contributed by atoms with van der Waals surface area (Å²) >= 11 is 1.73. The van der Waals surface area contributed by atoms with Crippen LogP contribution in [0.5, 0.6) is 0 Å². The highest BCUT2D eigenvalue weighted by atomic mass is 32.2. The van der Waals surface area contributed by atoms with E-state index >= 15 is 0 Å². The van der Waals surface area contributed by atoms with Crippen LogP contribution < -0.4 is 4.90 Å². The van der Waals surface area contributed by atoms with Crippen molar-refractivity contribution in [1.29, 1.82) is 0 Å². The van der Waals surface area contributed by atoms with E-state index in [0.717, 1.165) is 35.7 Å². The highest BCUT2D eigenvalue weighted by Gasteiger charge is 2.30. The van der Waals surface area contributed by atoms with E-state index < -0.39 is 10.0 Å². The van der Waals surface area contributed by atoms with Crippen LogP contribution in [-0.2, 0) is 10.0 Å². The number of nitrogens with zero attached hydrogens (tertiary/aromatic N) is 4. The van der Waals surface area contributed by atoms with Crippen LogP contribution in [0.15, 0.2) is 47.5 Å². The second kappa shape index (κ2) is 7.77. The first kappa shape index (κ1) is 19.3. The fourth-order valence-corrected chi connectivity index (χ4v) is 6.26. The van der Waals surface area contributed by atoms with Crippen LogP contribution in [0.1, 0.15) is 37.7 Å². The third-order valence-electron chi connectivity index (χ3n) is 5.21. The van der Waals surface area contributed by atoms with Gasteiger partial charge in [0.1, 0.15) is 15.7 Å². The van der Waals surface area contributed by atoms with E-state index in [0.29, 0.717) is 13.1 Å². The lowest BCUT2D eigenvalue weighted by molar-refractivity contribution is 0.445. The van der Waals surface area contributed by atoms with Gasteiger partial charge in [0.05, 0.1) is 16.3 Å². The molecule has 148 valence electrons. The predicted octanol–water partition coefficient (Wildman–Crippen LogP) is 4.06. The van der Waals surface area contributed by atoms with Crippen LogP contribution in [0.3, 0.4) is 0 Å². The summed E-state index contributed by atoms with van der Waals surface area (Å²) in [6, 6.07) is 11.9. The van der Waals surface area contributed by atoms with Crippen LogP contribution in [0.4, 0.5) is 5.82 Å². The van der Waals surface area contributed by atoms with Gasteiger partial charge in [-0.1, -0.05) is 26.0 Å². The molecule has 1 atom stereocenters. The van der Waals surface area contributed by atoms with Crippen molar-refractivity contribution in [3.63, 3.8) is 0 Å². The fourth-order valence-electron chi connectivity index (χ4n) is 3.74. The fraction of sp³-hybridized carbons (Fsp3) is 0.400. The van der Waals surface area contributed by atoms with Crippen molar-refractivity contribution in [3.8, 4) is 0 Å². The number of rotatable bonds is 6. The summed E-state index contributed by atoms with van der Waals surface area (Å²) < 4.78 is 28.0. The number of thiazole rings is 1. The molecule has 28 heavy (non-hydrogen) atoms. The number of hydrogen-bond acceptors (Lipinski definition) is 6. The minimum Gasteiger partial charge on any atom is -0.347 e. The van der Waals surface area contributed by atoms with E-state index in [9.17, 15) is 8.42 Å². The van der Waals surface area contributed by atoms with E-state index in [-0.39, 0.29) is 10.9 Å². The van der Waals surface area contributed by atoms with Gasteiger partial charge < -0.3 is 4.90 Å². The standard InChI is InChI=1S/C20H24N4O2S2/c1-3-23(4-2)28(25,26)15-11-12-19(21-14-15)24-13-7-9-17(24)20-22-16-8-5-6-10-18(16)27-20/h5-6,8,10-12,14,17H,3-4,7,9,13H2,1-2H3. The monoisotopic (exact) mass is 416 g/mol. The molecule has 1 aliphatic heterocycles. The molecule has 1 aromatic carbocycles. The lowest BCUT2D eigenvalue weighted by Gasteiger charge is -2.24. The molecule has 0 bridgehead atoms. The maximum absolute atomic E-state index is 12.7. The van der Waals surface area contributed by atoms with Gasteiger partial charge in [-0.2, -0.15) is 4.31 Å². The summed E-state index contributed by atoms with van der Waals surface area (Å²) in [6.45, 7) is 5.49. The van der Waals surface area contributed by atoms with Gasteiger partial charge in [0.25, 0.3) is 0 Å². The molecule has 0 N–H and O–H groups in total. The summed E-state index contributed by atoms with van der Waals surface area (Å²) in [6.07, 6.45) is 3.58. The van der Waals surface area contributed by atoms with E-state index in [1.54, 1.807) is 17.4 Å². The average molecular weight is 417 g/mol. The van der Waals surface area contributed by atoms with Crippen LogP contribution in [0, 0.1) is 0 Å². The van der Waals surface area contributed by atoms with E-state index in [1.807, 2.05) is 38.1 Å². The van der Waals surface area contributed by atoms with Gasteiger partial charge in [-0.3, -0.25) is 0 Å². The molecular weight excluding hydrogens is 392 g/mol. The number of sulfonamides is 1. The van der Waals surface area contributed by atoms with Crippen molar-refractivity contribution < 1.29 is 8.42 Å². The van der Waals surface area contributed by atoms with E-state index in [1.165, 1.54) is 15.2 Å². The number of hydrogen-bond donors (Lipinski definition) is 0. The first-order valence-corrected chi connectivity index (χ1v) is 11.9. The molecule has 8 heteroatoms. The Hall–Kier alpha value is -2.03. The molecule has 0 saturated carbocycles. The summed E-state index contributed by atoms with van der Waals surface area (Å²) in [5, 5.41) is 1.10. The maximum Gasteiger partial charge on any atom is 0.244 e. The smallest absolute Gasteiger partial charge is 0.244 e. The molecule has 1 saturated heterocycles. The highest BCUT2D eigenvalue weighted by molar-refractivity contribution is 7.89. The zero-order valence-corrected chi connectivity index (χ0v) is 17.7. The van der Waals surface area contributed by atoms with Crippen molar-refractivity contribution in [2.45, 2.75) is 37.6 Å². The molecule has 1 unspecified atom stereocenters. The van der Waals surface area contributed by atoms with Crippen molar-refractivity contribution in [1.82, 2.24) is 14.3 Å². The quantitative estimate of drug-likeness (QED) is 0.606. The minimum absolute atomic E-state index is 0.190. The largest absolute Gasteiger partial charge is 0.347 e. The molecule has 6 nitrogen and oxygen atoms in total. The SMILES string of the molecule is CCN(CC)S(=O)(=O)c1ccc(N2CCCC2c2nc3ccccc3s2)nc1. The van der Waals surface area contributed by atoms with E-state index in [2.05, 4.69) is 16.0 Å². The molecule has 0 aliphatic carbocycles. The normalized spacial score (nSPS) is 17.7. The topological polar surface area (TPSA) is 66.4 Å². The van der Waals surface area contributed by atoms with Crippen molar-refractivity contribution in [3.05, 3.63) is 47.6 Å². The average Bonchev–Trinajstić information content (AvgIpc) is 3.35. The van der Waals surface area contributed by atoms with Crippen LogP contribution in [-0.4, -0.2) is 42.3 Å². The Labute approximate surface area is 169 Å². The second-order valence-corrected chi connectivity index (χ2v) is 9.81. The minimum atomic E-state index is -3.48. The Kier molecular flexibility index (Phi) is 5.35. The van der Waals surface area contributed by atoms with Gasteiger partial charge in [0.2, 0.25) is 10.0 Å². The molecule has 2 aromatic heterocycles. The molecular formula is C20H24N4O2S2. The second-order valence-electron chi connectivity index (χ2n) is 6.81. The maximum atomic E-state index is 12.7. The molecule has 3 aromatic rings. The molecule has 1 aliphatic rings. The Morgan fingerprint density at radius 3 is 2.64 bits per heavy atom. The zero-order chi connectivity index (χ0) is 19.7. The lowest BCUT2D eigenvalue weighted by Crippen LogP contribution is -2.31. The third-order valence-corrected chi connectivity index (χ3v) is 8.38. The zero-order valence-electron chi connectivity index (χ0n) is 16.1. The Morgan fingerprint density at radius 2 is 1.96 bits per heavy atom. The molecule has 3 heterocycles. The van der Waals surface area contributed by atoms with Gasteiger partial charge in [-0.15, -0.1) is 11.3 Å². The summed E-state index contributed by atoms with van der Waals surface area (Å²) in [5.74, 6) is 0.806. The number of benzene rings is 1. The molecule has 0 spiro atoms. The molecule has 4 rings (SSSR count). The van der Waals surface area contributed by atoms with Crippen molar-refractivity contribution in [2.75, 3.05) is 24.5 Å². The summed E-state index contributed by atoms with van der Waals surface area (Å²) in [7, 11) is -3.48. The van der Waals surface area contributed by atoms with Crippen LogP contribution in [0.25, 0.3) is 10.2 Å². The Bertz CT molecular complexity index is 1030. The number of aromatic nitrogens is 2. The highest BCUT2D eigenvalue weighted by Crippen LogP contribution is 2.38. The first-order valence-electron chi connectivity index (χ1n) is 9.63. The Balaban J connectivity index is 1.61. The van der Waals surface area contributed by atoms with Crippen LogP contribution in [0.2, 0.25) is 0 Å². The summed E-state index contributed by atoms with van der Waals surface area (Å²) in [5.41, 5.74) is 1.03. The first-order chi connectivity index (χ1) is 13.5. The van der Waals surface area contributed by atoms with Crippen LogP contribution >= 0.6 is 11.3 Å². The van der Waals surface area contributed by atoms with Gasteiger partial charge in [0.15, 0.2) is 0 Å². The van der Waals surface area contributed by atoms with Gasteiger partial charge in [-0.05, 0) is 37.1 Å². The molecule has 1 fully saturated rings. The molecule has 0 radical (unpaired) electrons. The number of fused-ring (bicyclic) bond motifs is 1. The predicted molar refractivity (Wildman–Crippen MR) is 113 cm³/mol. The lowest BCUT2D eigenvalue weighted by atomic mass is 10.2. The van der Waals surface area contributed by atoms with Crippen molar-refractivity contribution in [2.24, 2.45) is 0 Å². The van der Waals surface area contributed by atoms with Gasteiger partial charge in [0, 0.05) is 25.8 Å².